The van der Waals surface area contributed by atoms with Crippen molar-refractivity contribution in [3.8, 4) is 5.75 Å². The predicted molar refractivity (Wildman–Crippen MR) is 181 cm³/mol. The van der Waals surface area contributed by atoms with Gasteiger partial charge >= 0.3 is 0 Å². The van der Waals surface area contributed by atoms with Crippen LogP contribution in [0.3, 0.4) is 0 Å². The number of aliphatic hydroxyl groups is 1. The van der Waals surface area contributed by atoms with Crippen molar-refractivity contribution < 1.29 is 23.1 Å². The fourth-order valence-electron chi connectivity index (χ4n) is 4.92. The Labute approximate surface area is 261 Å². The van der Waals surface area contributed by atoms with Gasteiger partial charge < -0.3 is 23.1 Å². The first-order chi connectivity index (χ1) is 18.6. The van der Waals surface area contributed by atoms with Gasteiger partial charge in [0.05, 0.1) is 21.4 Å². The molecule has 0 bridgehead atoms. The SMILES string of the molecule is CC[C@H]1OC(O)(c2cc(Cc3ccc(O[Si](C)(C)C(C)(C)C)cc3)c(Cl)s2)[C@H](O[Si](C)(C)C)[C@@H](O[Si](C)(C)C)[C@@H]1C. The Morgan fingerprint density at radius 3 is 2.02 bits per heavy atom. The van der Waals surface area contributed by atoms with E-state index in [1.54, 1.807) is 0 Å². The maximum atomic E-state index is 12.4. The van der Waals surface area contributed by atoms with Gasteiger partial charge in [-0.25, -0.2) is 0 Å². The summed E-state index contributed by atoms with van der Waals surface area (Å²) in [6, 6.07) is 10.3. The van der Waals surface area contributed by atoms with Crippen LogP contribution in [0.4, 0.5) is 0 Å². The third kappa shape index (κ3) is 8.57. The molecule has 2 heterocycles. The number of ether oxygens (including phenoxy) is 1. The van der Waals surface area contributed by atoms with E-state index in [1.807, 2.05) is 6.07 Å². The smallest absolute Gasteiger partial charge is 0.250 e. The van der Waals surface area contributed by atoms with Crippen molar-refractivity contribution in [3.05, 3.63) is 50.7 Å². The van der Waals surface area contributed by atoms with Gasteiger partial charge in [-0.15, -0.1) is 11.3 Å². The minimum absolute atomic E-state index is 0.0790. The third-order valence-corrected chi connectivity index (χ3v) is 15.9. The predicted octanol–water partition coefficient (Wildman–Crippen LogP) is 9.41. The van der Waals surface area contributed by atoms with Crippen LogP contribution in [0.2, 0.25) is 61.8 Å². The van der Waals surface area contributed by atoms with Crippen LogP contribution in [-0.4, -0.2) is 48.4 Å². The molecular weight excluding hydrogens is 604 g/mol. The number of rotatable bonds is 10. The summed E-state index contributed by atoms with van der Waals surface area (Å²) in [5.74, 6) is -0.664. The minimum Gasteiger partial charge on any atom is -0.544 e. The van der Waals surface area contributed by atoms with Gasteiger partial charge in [0.1, 0.15) is 11.9 Å². The lowest BCUT2D eigenvalue weighted by atomic mass is 9.84. The second kappa shape index (κ2) is 12.5. The van der Waals surface area contributed by atoms with E-state index in [-0.39, 0.29) is 23.2 Å². The first-order valence-corrected chi connectivity index (χ1v) is 25.8. The Balaban J connectivity index is 1.94. The number of thiophene rings is 1. The van der Waals surface area contributed by atoms with Crippen molar-refractivity contribution in [2.45, 2.75) is 129 Å². The zero-order valence-corrected chi connectivity index (χ0v) is 32.0. The normalized spacial score (nSPS) is 26.3. The molecule has 1 aliphatic rings. The quantitative estimate of drug-likeness (QED) is 0.258. The Bertz CT molecular complexity index is 1170. The lowest BCUT2D eigenvalue weighted by molar-refractivity contribution is -0.337. The minimum atomic E-state index is -2.09. The number of halogens is 1. The van der Waals surface area contributed by atoms with Crippen molar-refractivity contribution in [3.63, 3.8) is 0 Å². The molecule has 232 valence electrons. The lowest BCUT2D eigenvalue weighted by Gasteiger charge is -2.52. The van der Waals surface area contributed by atoms with Gasteiger partial charge in [0.15, 0.2) is 16.6 Å². The Kier molecular flexibility index (Phi) is 10.6. The average Bonchev–Trinajstić information content (AvgIpc) is 3.18. The summed E-state index contributed by atoms with van der Waals surface area (Å²) in [6.45, 7) is 28.5. The van der Waals surface area contributed by atoms with Gasteiger partial charge in [-0.2, -0.15) is 0 Å². The van der Waals surface area contributed by atoms with E-state index in [2.05, 4.69) is 111 Å². The molecule has 0 spiro atoms. The van der Waals surface area contributed by atoms with Crippen molar-refractivity contribution in [2.24, 2.45) is 5.92 Å². The molecule has 0 amide bonds. The van der Waals surface area contributed by atoms with E-state index in [4.69, 9.17) is 29.6 Å². The van der Waals surface area contributed by atoms with Gasteiger partial charge in [-0.1, -0.05) is 58.4 Å². The second-order valence-electron chi connectivity index (χ2n) is 15.1. The topological polar surface area (TPSA) is 57.2 Å². The number of benzene rings is 1. The summed E-state index contributed by atoms with van der Waals surface area (Å²) in [4.78, 5) is 0.674. The Hall–Kier alpha value is -0.499. The highest BCUT2D eigenvalue weighted by atomic mass is 35.5. The van der Waals surface area contributed by atoms with Crippen molar-refractivity contribution in [1.82, 2.24) is 0 Å². The Morgan fingerprint density at radius 1 is 0.976 bits per heavy atom. The van der Waals surface area contributed by atoms with Crippen LogP contribution in [0.15, 0.2) is 30.3 Å². The molecule has 0 aliphatic carbocycles. The number of hydrogen-bond donors (Lipinski definition) is 1. The molecule has 10 heteroatoms. The molecule has 0 saturated carbocycles. The lowest BCUT2D eigenvalue weighted by Crippen LogP contribution is -2.64. The maximum Gasteiger partial charge on any atom is 0.250 e. The highest BCUT2D eigenvalue weighted by molar-refractivity contribution is 7.16. The molecule has 1 aromatic carbocycles. The fourth-order valence-corrected chi connectivity index (χ4v) is 9.50. The zero-order chi connectivity index (χ0) is 31.2. The van der Waals surface area contributed by atoms with Crippen LogP contribution in [-0.2, 0) is 25.8 Å². The monoisotopic (exact) mass is 656 g/mol. The van der Waals surface area contributed by atoms with Crippen LogP contribution >= 0.6 is 22.9 Å². The Morgan fingerprint density at radius 2 is 1.54 bits per heavy atom. The summed E-state index contributed by atoms with van der Waals surface area (Å²) in [5.41, 5.74) is 2.09. The fraction of sp³-hybridized carbons (Fsp3) is 0.677. The molecule has 1 unspecified atom stereocenters. The van der Waals surface area contributed by atoms with Crippen molar-refractivity contribution in [2.75, 3.05) is 0 Å². The summed E-state index contributed by atoms with van der Waals surface area (Å²) >= 11 is 8.22. The summed E-state index contributed by atoms with van der Waals surface area (Å²) in [6.07, 6.45) is 0.320. The highest BCUT2D eigenvalue weighted by Gasteiger charge is 2.57. The van der Waals surface area contributed by atoms with Gasteiger partial charge in [-0.05, 0) is 99.6 Å². The van der Waals surface area contributed by atoms with Crippen LogP contribution < -0.4 is 4.43 Å². The van der Waals surface area contributed by atoms with Crippen LogP contribution in [0.1, 0.15) is 57.0 Å². The molecule has 1 aliphatic heterocycles. The van der Waals surface area contributed by atoms with Gasteiger partial charge in [-0.3, -0.25) is 0 Å². The molecule has 1 fully saturated rings. The van der Waals surface area contributed by atoms with E-state index in [0.717, 1.165) is 23.3 Å². The van der Waals surface area contributed by atoms with E-state index < -0.39 is 36.8 Å². The molecule has 5 atom stereocenters. The molecule has 0 radical (unpaired) electrons. The average molecular weight is 658 g/mol. The van der Waals surface area contributed by atoms with Crippen molar-refractivity contribution >= 4 is 47.9 Å². The van der Waals surface area contributed by atoms with Gasteiger partial charge in [0.25, 0.3) is 0 Å². The maximum absolute atomic E-state index is 12.4. The number of hydrogen-bond acceptors (Lipinski definition) is 6. The largest absolute Gasteiger partial charge is 0.544 e. The summed E-state index contributed by atoms with van der Waals surface area (Å²) in [5, 5.41) is 12.6. The molecule has 1 aromatic heterocycles. The van der Waals surface area contributed by atoms with E-state index in [1.165, 1.54) is 11.3 Å². The van der Waals surface area contributed by atoms with E-state index in [0.29, 0.717) is 15.6 Å². The molecule has 2 aromatic rings. The van der Waals surface area contributed by atoms with Crippen LogP contribution in [0.25, 0.3) is 0 Å². The first kappa shape index (κ1) is 35.0. The highest BCUT2D eigenvalue weighted by Crippen LogP contribution is 2.48. The zero-order valence-electron chi connectivity index (χ0n) is 27.5. The summed E-state index contributed by atoms with van der Waals surface area (Å²) in [7, 11) is -5.95. The summed E-state index contributed by atoms with van der Waals surface area (Å²) < 4.78 is 27.2. The van der Waals surface area contributed by atoms with Gasteiger partial charge in [0, 0.05) is 5.92 Å². The molecule has 1 N–H and O–H groups in total. The molecule has 3 rings (SSSR count). The van der Waals surface area contributed by atoms with Crippen molar-refractivity contribution in [1.29, 1.82) is 0 Å². The van der Waals surface area contributed by atoms with E-state index in [9.17, 15) is 5.11 Å². The standard InChI is InChI=1S/C31H53ClO5SSi3/c1-14-25-21(2)27(36-39(6,7)8)28(37-40(9,10)11)31(33,34-25)26-20-23(29(32)38-26)19-22-15-17-24(18-16-22)35-41(12,13)30(3,4)5/h15-18,20-21,25,27-28,33H,14,19H2,1-13H3/t21-,25-,27+,28-,31?/m1/s1. The first-order valence-electron chi connectivity index (χ1n) is 14.9. The van der Waals surface area contributed by atoms with Crippen LogP contribution in [0, 0.1) is 5.92 Å². The molecule has 41 heavy (non-hydrogen) atoms. The second-order valence-corrected chi connectivity index (χ2v) is 30.4. The molecule has 5 nitrogen and oxygen atoms in total. The van der Waals surface area contributed by atoms with Crippen LogP contribution in [0.5, 0.6) is 5.75 Å². The third-order valence-electron chi connectivity index (χ3n) is 8.10. The van der Waals surface area contributed by atoms with Gasteiger partial charge in [0.2, 0.25) is 14.1 Å². The molecule has 1 saturated heterocycles. The molecular formula is C31H53ClO5SSi3. The van der Waals surface area contributed by atoms with E-state index >= 15 is 0 Å².